The van der Waals surface area contributed by atoms with Crippen LogP contribution in [0.1, 0.15) is 58.9 Å². The quantitative estimate of drug-likeness (QED) is 0.670. The highest BCUT2D eigenvalue weighted by Gasteiger charge is 2.32. The number of likely N-dealkylation sites (tertiary alicyclic amines) is 1. The van der Waals surface area contributed by atoms with E-state index < -0.39 is 0 Å². The Bertz CT molecular complexity index is 1130. The van der Waals surface area contributed by atoms with Crippen LogP contribution < -0.4 is 9.47 Å². The highest BCUT2D eigenvalue weighted by molar-refractivity contribution is 5.99. The summed E-state index contributed by atoms with van der Waals surface area (Å²) in [5.74, 6) is 1.71. The fraction of sp³-hybridized carbons (Fsp3) is 0.400. The summed E-state index contributed by atoms with van der Waals surface area (Å²) in [7, 11) is 0. The van der Waals surface area contributed by atoms with Crippen LogP contribution in [0.4, 0.5) is 0 Å². The number of carbonyl (C=O) groups is 1. The van der Waals surface area contributed by atoms with E-state index in [1.54, 1.807) is 0 Å². The first-order valence-electron chi connectivity index (χ1n) is 11.1. The van der Waals surface area contributed by atoms with Crippen LogP contribution in [-0.4, -0.2) is 35.5 Å². The minimum atomic E-state index is 0.0872. The molecule has 1 aromatic heterocycles. The largest absolute Gasteiger partial charge is 0.486 e. The number of aryl methyl sites for hydroxylation is 2. The summed E-state index contributed by atoms with van der Waals surface area (Å²) in [6.07, 6.45) is 6.70. The molecule has 154 valence electrons. The molecule has 1 atom stereocenters. The monoisotopic (exact) mass is 402 g/mol. The molecule has 1 aliphatic carbocycles. The van der Waals surface area contributed by atoms with Crippen molar-refractivity contribution >= 4 is 16.8 Å². The van der Waals surface area contributed by atoms with E-state index in [-0.39, 0.29) is 11.9 Å². The number of carbonyl (C=O) groups excluding carboxylic acids is 1. The fourth-order valence-corrected chi connectivity index (χ4v) is 5.33. The molecule has 1 amide bonds. The van der Waals surface area contributed by atoms with Gasteiger partial charge < -0.3 is 19.4 Å². The van der Waals surface area contributed by atoms with Crippen LogP contribution in [0.15, 0.2) is 36.4 Å². The van der Waals surface area contributed by atoms with E-state index in [0.29, 0.717) is 13.2 Å². The predicted octanol–water partition coefficient (Wildman–Crippen LogP) is 4.80. The summed E-state index contributed by atoms with van der Waals surface area (Å²) in [6.45, 7) is 1.96. The molecule has 0 bridgehead atoms. The molecule has 1 unspecified atom stereocenters. The summed E-state index contributed by atoms with van der Waals surface area (Å²) in [6, 6.07) is 12.4. The second kappa shape index (κ2) is 7.08. The Kier molecular flexibility index (Phi) is 4.22. The first-order valence-corrected chi connectivity index (χ1v) is 11.1. The van der Waals surface area contributed by atoms with Gasteiger partial charge in [0.2, 0.25) is 0 Å². The minimum Gasteiger partial charge on any atom is -0.486 e. The first-order chi connectivity index (χ1) is 14.8. The van der Waals surface area contributed by atoms with Crippen LogP contribution in [0.2, 0.25) is 0 Å². The van der Waals surface area contributed by atoms with Crippen molar-refractivity contribution in [3.8, 4) is 11.5 Å². The molecule has 3 heterocycles. The molecular formula is C25H26N2O3. The zero-order valence-corrected chi connectivity index (χ0v) is 17.1. The molecule has 3 aliphatic rings. The number of nitrogens with one attached hydrogen (secondary N) is 1. The van der Waals surface area contributed by atoms with Crippen molar-refractivity contribution in [2.45, 2.75) is 44.6 Å². The number of nitrogens with zero attached hydrogens (tertiary/aromatic N) is 1. The van der Waals surface area contributed by atoms with Crippen LogP contribution >= 0.6 is 0 Å². The van der Waals surface area contributed by atoms with Crippen molar-refractivity contribution < 1.29 is 14.3 Å². The molecule has 0 radical (unpaired) electrons. The van der Waals surface area contributed by atoms with Crippen LogP contribution in [0, 0.1) is 0 Å². The Balaban J connectivity index is 1.32. The van der Waals surface area contributed by atoms with E-state index in [1.807, 2.05) is 17.0 Å². The fourth-order valence-electron chi connectivity index (χ4n) is 5.33. The zero-order valence-electron chi connectivity index (χ0n) is 17.1. The lowest BCUT2D eigenvalue weighted by Gasteiger charge is -2.27. The predicted molar refractivity (Wildman–Crippen MR) is 115 cm³/mol. The number of aromatic amines is 1. The molecule has 5 heteroatoms. The Labute approximate surface area is 176 Å². The van der Waals surface area contributed by atoms with Gasteiger partial charge in [0.1, 0.15) is 13.2 Å². The summed E-state index contributed by atoms with van der Waals surface area (Å²) in [5, 5.41) is 1.23. The number of hydrogen-bond donors (Lipinski definition) is 1. The Hall–Kier alpha value is -2.95. The molecule has 3 aromatic rings. The van der Waals surface area contributed by atoms with Gasteiger partial charge in [-0.25, -0.2) is 0 Å². The summed E-state index contributed by atoms with van der Waals surface area (Å²) in [4.78, 5) is 19.1. The second-order valence-electron chi connectivity index (χ2n) is 8.61. The molecule has 2 aromatic carbocycles. The molecule has 2 aliphatic heterocycles. The highest BCUT2D eigenvalue weighted by atomic mass is 16.6. The third kappa shape index (κ3) is 2.87. The number of fused-ring (bicyclic) bond motifs is 4. The van der Waals surface area contributed by atoms with Crippen molar-refractivity contribution in [1.82, 2.24) is 9.88 Å². The van der Waals surface area contributed by atoms with Crippen molar-refractivity contribution in [2.75, 3.05) is 19.8 Å². The standard InChI is InChI=1S/C25H26N2O3/c28-25(17-7-9-21-19(14-17)18-4-1-2-5-20(18)26-21)27-11-3-6-22(27)16-8-10-23-24(15-16)30-13-12-29-23/h7-10,14-15,22,26H,1-6,11-13H2. The molecule has 1 saturated heterocycles. The van der Waals surface area contributed by atoms with Gasteiger partial charge in [-0.05, 0) is 80.0 Å². The van der Waals surface area contributed by atoms with E-state index in [1.165, 1.54) is 29.5 Å². The zero-order chi connectivity index (χ0) is 20.1. The van der Waals surface area contributed by atoms with Gasteiger partial charge >= 0.3 is 0 Å². The van der Waals surface area contributed by atoms with E-state index in [4.69, 9.17) is 9.47 Å². The van der Waals surface area contributed by atoms with Crippen molar-refractivity contribution in [3.05, 3.63) is 58.8 Å². The van der Waals surface area contributed by atoms with Crippen molar-refractivity contribution in [2.24, 2.45) is 0 Å². The Morgan fingerprint density at radius 3 is 2.77 bits per heavy atom. The number of ether oxygens (including phenoxy) is 2. The van der Waals surface area contributed by atoms with E-state index >= 15 is 0 Å². The minimum absolute atomic E-state index is 0.0872. The lowest BCUT2D eigenvalue weighted by molar-refractivity contribution is 0.0735. The number of hydrogen-bond acceptors (Lipinski definition) is 3. The van der Waals surface area contributed by atoms with Crippen LogP contribution in [0.5, 0.6) is 11.5 Å². The van der Waals surface area contributed by atoms with Gasteiger partial charge in [-0.3, -0.25) is 4.79 Å². The van der Waals surface area contributed by atoms with Gasteiger partial charge in [0, 0.05) is 28.7 Å². The number of rotatable bonds is 2. The third-order valence-corrected chi connectivity index (χ3v) is 6.81. The molecule has 0 saturated carbocycles. The van der Waals surface area contributed by atoms with Gasteiger partial charge in [0.25, 0.3) is 5.91 Å². The first kappa shape index (κ1) is 17.9. The Morgan fingerprint density at radius 2 is 1.83 bits per heavy atom. The molecular weight excluding hydrogens is 376 g/mol. The van der Waals surface area contributed by atoms with Gasteiger partial charge in [-0.1, -0.05) is 6.07 Å². The topological polar surface area (TPSA) is 54.6 Å². The third-order valence-electron chi connectivity index (χ3n) is 6.81. The van der Waals surface area contributed by atoms with E-state index in [0.717, 1.165) is 60.4 Å². The normalized spacial score (nSPS) is 20.4. The second-order valence-corrected chi connectivity index (χ2v) is 8.61. The van der Waals surface area contributed by atoms with Crippen molar-refractivity contribution in [1.29, 1.82) is 0 Å². The van der Waals surface area contributed by atoms with Gasteiger partial charge in [-0.15, -0.1) is 0 Å². The average Bonchev–Trinajstić information content (AvgIpc) is 3.43. The average molecular weight is 402 g/mol. The summed E-state index contributed by atoms with van der Waals surface area (Å²) >= 11 is 0. The maximum Gasteiger partial charge on any atom is 0.254 e. The Morgan fingerprint density at radius 1 is 0.967 bits per heavy atom. The number of amides is 1. The SMILES string of the molecule is O=C(c1ccc2[nH]c3c(c2c1)CCCC3)N1CCCC1c1ccc2c(c1)OCCO2. The lowest BCUT2D eigenvalue weighted by Crippen LogP contribution is -2.30. The molecule has 30 heavy (non-hydrogen) atoms. The van der Waals surface area contributed by atoms with Gasteiger partial charge in [-0.2, -0.15) is 0 Å². The number of aromatic nitrogens is 1. The summed E-state index contributed by atoms with van der Waals surface area (Å²) in [5.41, 5.74) is 5.85. The number of benzene rings is 2. The van der Waals surface area contributed by atoms with Gasteiger partial charge in [0.05, 0.1) is 6.04 Å². The molecule has 0 spiro atoms. The highest BCUT2D eigenvalue weighted by Crippen LogP contribution is 2.39. The van der Waals surface area contributed by atoms with Crippen LogP contribution in [0.3, 0.4) is 0 Å². The number of H-pyrrole nitrogens is 1. The lowest BCUT2D eigenvalue weighted by atomic mass is 9.95. The van der Waals surface area contributed by atoms with E-state index in [2.05, 4.69) is 29.2 Å². The van der Waals surface area contributed by atoms with Crippen molar-refractivity contribution in [3.63, 3.8) is 0 Å². The van der Waals surface area contributed by atoms with Crippen LogP contribution in [-0.2, 0) is 12.8 Å². The molecule has 1 fully saturated rings. The molecule has 6 rings (SSSR count). The van der Waals surface area contributed by atoms with E-state index in [9.17, 15) is 4.79 Å². The van der Waals surface area contributed by atoms with Crippen LogP contribution in [0.25, 0.3) is 10.9 Å². The molecule has 1 N–H and O–H groups in total. The summed E-state index contributed by atoms with van der Waals surface area (Å²) < 4.78 is 11.4. The maximum absolute atomic E-state index is 13.5. The molecule has 5 nitrogen and oxygen atoms in total. The maximum atomic E-state index is 13.5. The smallest absolute Gasteiger partial charge is 0.254 e. The van der Waals surface area contributed by atoms with Gasteiger partial charge in [0.15, 0.2) is 11.5 Å².